The van der Waals surface area contributed by atoms with Crippen molar-refractivity contribution in [1.29, 1.82) is 0 Å². The molecule has 0 radical (unpaired) electrons. The van der Waals surface area contributed by atoms with E-state index in [1.54, 1.807) is 0 Å². The Bertz CT molecular complexity index is 762. The number of carboxylic acids is 1. The highest BCUT2D eigenvalue weighted by Crippen LogP contribution is 2.35. The highest BCUT2D eigenvalue weighted by molar-refractivity contribution is 5.68. The standard InChI is InChI=1S/C21H22F2O3/c22-18-12-16(13-19(23)21(18)26-10-4-9-20(24)25)17-8-2-1-7-15(17)11-14-5-3-6-14/h1-2,7-8,12-14H,3-6,9-11H2,(H,24,25). The third kappa shape index (κ3) is 4.40. The van der Waals surface area contributed by atoms with Gasteiger partial charge in [-0.1, -0.05) is 43.5 Å². The molecule has 5 heteroatoms. The van der Waals surface area contributed by atoms with E-state index in [1.165, 1.54) is 31.4 Å². The van der Waals surface area contributed by atoms with Gasteiger partial charge in [0.2, 0.25) is 0 Å². The molecule has 1 aliphatic rings. The molecular weight excluding hydrogens is 338 g/mol. The van der Waals surface area contributed by atoms with Crippen molar-refractivity contribution in [2.24, 2.45) is 5.92 Å². The molecule has 2 aromatic rings. The monoisotopic (exact) mass is 360 g/mol. The van der Waals surface area contributed by atoms with Crippen molar-refractivity contribution in [2.75, 3.05) is 6.61 Å². The minimum Gasteiger partial charge on any atom is -0.488 e. The zero-order chi connectivity index (χ0) is 18.5. The third-order valence-electron chi connectivity index (χ3n) is 4.84. The van der Waals surface area contributed by atoms with Crippen molar-refractivity contribution in [3.8, 4) is 16.9 Å². The molecular formula is C21H22F2O3. The highest BCUT2D eigenvalue weighted by Gasteiger charge is 2.20. The maximum absolute atomic E-state index is 14.4. The van der Waals surface area contributed by atoms with Crippen molar-refractivity contribution in [2.45, 2.75) is 38.5 Å². The summed E-state index contributed by atoms with van der Waals surface area (Å²) in [4.78, 5) is 10.5. The number of aliphatic carboxylic acids is 1. The molecule has 0 atom stereocenters. The molecule has 0 saturated heterocycles. The van der Waals surface area contributed by atoms with Crippen LogP contribution in [0.25, 0.3) is 11.1 Å². The number of benzene rings is 2. The Labute approximate surface area is 151 Å². The summed E-state index contributed by atoms with van der Waals surface area (Å²) in [7, 11) is 0. The van der Waals surface area contributed by atoms with Crippen molar-refractivity contribution in [3.05, 3.63) is 53.6 Å². The van der Waals surface area contributed by atoms with Crippen LogP contribution >= 0.6 is 0 Å². The zero-order valence-electron chi connectivity index (χ0n) is 14.5. The van der Waals surface area contributed by atoms with Crippen LogP contribution in [0.1, 0.15) is 37.7 Å². The fourth-order valence-electron chi connectivity index (χ4n) is 3.24. The van der Waals surface area contributed by atoms with E-state index >= 15 is 0 Å². The van der Waals surface area contributed by atoms with Crippen LogP contribution in [0, 0.1) is 17.6 Å². The van der Waals surface area contributed by atoms with Crippen LogP contribution in [0.5, 0.6) is 5.75 Å². The average Bonchev–Trinajstić information content (AvgIpc) is 2.56. The maximum atomic E-state index is 14.4. The van der Waals surface area contributed by atoms with E-state index in [-0.39, 0.29) is 19.4 Å². The molecule has 1 saturated carbocycles. The summed E-state index contributed by atoms with van der Waals surface area (Å²) in [5.74, 6) is -2.30. The number of rotatable bonds is 8. The van der Waals surface area contributed by atoms with E-state index in [0.717, 1.165) is 17.5 Å². The number of halogens is 2. The minimum absolute atomic E-state index is 0.0439. The van der Waals surface area contributed by atoms with Crippen molar-refractivity contribution >= 4 is 5.97 Å². The lowest BCUT2D eigenvalue weighted by Crippen LogP contribution is -2.14. The first-order valence-electron chi connectivity index (χ1n) is 8.96. The lowest BCUT2D eigenvalue weighted by Gasteiger charge is -2.26. The quantitative estimate of drug-likeness (QED) is 0.657. The van der Waals surface area contributed by atoms with E-state index < -0.39 is 23.4 Å². The fourth-order valence-corrected chi connectivity index (χ4v) is 3.24. The predicted molar refractivity (Wildman–Crippen MR) is 95.2 cm³/mol. The van der Waals surface area contributed by atoms with Gasteiger partial charge >= 0.3 is 5.97 Å². The topological polar surface area (TPSA) is 46.5 Å². The SMILES string of the molecule is O=C(O)CCCOc1c(F)cc(-c2ccccc2CC2CCC2)cc1F. The van der Waals surface area contributed by atoms with Crippen molar-refractivity contribution in [1.82, 2.24) is 0 Å². The van der Waals surface area contributed by atoms with E-state index in [0.29, 0.717) is 11.5 Å². The number of hydrogen-bond donors (Lipinski definition) is 1. The first-order chi connectivity index (χ1) is 12.5. The maximum Gasteiger partial charge on any atom is 0.303 e. The summed E-state index contributed by atoms with van der Waals surface area (Å²) in [5.41, 5.74) is 2.44. The first-order valence-corrected chi connectivity index (χ1v) is 8.96. The van der Waals surface area contributed by atoms with Crippen LogP contribution in [0.15, 0.2) is 36.4 Å². The van der Waals surface area contributed by atoms with Crippen LogP contribution in [0.3, 0.4) is 0 Å². The molecule has 0 spiro atoms. The van der Waals surface area contributed by atoms with E-state index in [4.69, 9.17) is 9.84 Å². The molecule has 0 aliphatic heterocycles. The summed E-state index contributed by atoms with van der Waals surface area (Å²) < 4.78 is 33.9. The number of carbonyl (C=O) groups is 1. The minimum atomic E-state index is -0.965. The number of carboxylic acid groups (broad SMARTS) is 1. The lowest BCUT2D eigenvalue weighted by molar-refractivity contribution is -0.137. The molecule has 0 unspecified atom stereocenters. The van der Waals surface area contributed by atoms with Crippen LogP contribution < -0.4 is 4.74 Å². The Balaban J connectivity index is 1.78. The summed E-state index contributed by atoms with van der Waals surface area (Å²) in [6.07, 6.45) is 4.69. The van der Waals surface area contributed by atoms with Gasteiger partial charge in [0.1, 0.15) is 0 Å². The molecule has 26 heavy (non-hydrogen) atoms. The molecule has 1 fully saturated rings. The fraction of sp³-hybridized carbons (Fsp3) is 0.381. The van der Waals surface area contributed by atoms with E-state index in [1.807, 2.05) is 24.3 Å². The van der Waals surface area contributed by atoms with Crippen molar-refractivity contribution in [3.63, 3.8) is 0 Å². The van der Waals surface area contributed by atoms with Crippen molar-refractivity contribution < 1.29 is 23.4 Å². The summed E-state index contributed by atoms with van der Waals surface area (Å²) in [6.45, 7) is -0.0439. The number of hydrogen-bond acceptors (Lipinski definition) is 2. The summed E-state index contributed by atoms with van der Waals surface area (Å²) >= 11 is 0. The van der Waals surface area contributed by atoms with Crippen LogP contribution in [-0.4, -0.2) is 17.7 Å². The Kier molecular flexibility index (Phi) is 5.86. The normalized spacial score (nSPS) is 14.1. The first kappa shape index (κ1) is 18.4. The van der Waals surface area contributed by atoms with Gasteiger partial charge in [-0.15, -0.1) is 0 Å². The Hall–Kier alpha value is -2.43. The second-order valence-electron chi connectivity index (χ2n) is 6.77. The molecule has 0 heterocycles. The van der Waals surface area contributed by atoms with Gasteiger partial charge in [-0.25, -0.2) is 8.78 Å². The smallest absolute Gasteiger partial charge is 0.303 e. The zero-order valence-corrected chi connectivity index (χ0v) is 14.5. The third-order valence-corrected chi connectivity index (χ3v) is 4.84. The van der Waals surface area contributed by atoms with E-state index in [2.05, 4.69) is 0 Å². The number of ether oxygens (including phenoxy) is 1. The van der Waals surface area contributed by atoms with Crippen LogP contribution in [0.4, 0.5) is 8.78 Å². The second kappa shape index (κ2) is 8.30. The second-order valence-corrected chi connectivity index (χ2v) is 6.77. The molecule has 2 aromatic carbocycles. The predicted octanol–water partition coefficient (Wildman–Crippen LogP) is 5.22. The van der Waals surface area contributed by atoms with Crippen LogP contribution in [0.2, 0.25) is 0 Å². The molecule has 0 amide bonds. The molecule has 0 aromatic heterocycles. The van der Waals surface area contributed by atoms with Gasteiger partial charge < -0.3 is 9.84 Å². The molecule has 1 N–H and O–H groups in total. The summed E-state index contributed by atoms with van der Waals surface area (Å²) in [5, 5.41) is 8.59. The van der Waals surface area contributed by atoms with Gasteiger partial charge in [-0.2, -0.15) is 0 Å². The van der Waals surface area contributed by atoms with Gasteiger partial charge in [0.05, 0.1) is 6.61 Å². The molecule has 3 nitrogen and oxygen atoms in total. The Morgan fingerprint density at radius 1 is 1.15 bits per heavy atom. The molecule has 0 bridgehead atoms. The highest BCUT2D eigenvalue weighted by atomic mass is 19.1. The van der Waals surface area contributed by atoms with Gasteiger partial charge in [0.25, 0.3) is 0 Å². The van der Waals surface area contributed by atoms with Gasteiger partial charge in [0, 0.05) is 6.42 Å². The Morgan fingerprint density at radius 2 is 1.85 bits per heavy atom. The van der Waals surface area contributed by atoms with E-state index in [9.17, 15) is 13.6 Å². The summed E-state index contributed by atoms with van der Waals surface area (Å²) in [6, 6.07) is 10.3. The Morgan fingerprint density at radius 3 is 2.46 bits per heavy atom. The lowest BCUT2D eigenvalue weighted by atomic mass is 9.79. The van der Waals surface area contributed by atoms with Crippen LogP contribution in [-0.2, 0) is 11.2 Å². The van der Waals surface area contributed by atoms with Gasteiger partial charge in [0.15, 0.2) is 17.4 Å². The molecule has 1 aliphatic carbocycles. The van der Waals surface area contributed by atoms with Gasteiger partial charge in [-0.3, -0.25) is 4.79 Å². The molecule has 138 valence electrons. The average molecular weight is 360 g/mol. The molecule has 3 rings (SSSR count). The largest absolute Gasteiger partial charge is 0.488 e. The van der Waals surface area contributed by atoms with Gasteiger partial charge in [-0.05, 0) is 47.6 Å².